The quantitative estimate of drug-likeness (QED) is 0.200. The van der Waals surface area contributed by atoms with Crippen LogP contribution in [0.4, 0.5) is 0 Å². The number of hydrogen-bond acceptors (Lipinski definition) is 4. The molecule has 5 aliphatic carbocycles. The van der Waals surface area contributed by atoms with Gasteiger partial charge in [-0.05, 0) is 141 Å². The van der Waals surface area contributed by atoms with Crippen molar-refractivity contribution in [3.8, 4) is 5.75 Å². The first-order valence-electron chi connectivity index (χ1n) is 17.2. The van der Waals surface area contributed by atoms with E-state index in [2.05, 4.69) is 48.1 Å². The third kappa shape index (κ3) is 4.37. The molecule has 0 radical (unpaired) electrons. The molecule has 44 heavy (non-hydrogen) atoms. The van der Waals surface area contributed by atoms with Crippen LogP contribution < -0.4 is 0 Å². The second-order valence-corrected chi connectivity index (χ2v) is 16.9. The van der Waals surface area contributed by atoms with E-state index in [1.54, 1.807) is 30.3 Å². The molecule has 0 aliphatic heterocycles. The Morgan fingerprint density at radius 2 is 1.57 bits per heavy atom. The van der Waals surface area contributed by atoms with Gasteiger partial charge in [-0.15, -0.1) is 0 Å². The van der Waals surface area contributed by atoms with Crippen molar-refractivity contribution in [3.05, 3.63) is 48.1 Å². The summed E-state index contributed by atoms with van der Waals surface area (Å²) in [5.74, 6) is 1.29. The maximum Gasteiger partial charge on any atom is 0.331 e. The third-order valence-electron chi connectivity index (χ3n) is 15.0. The molecule has 10 atom stereocenters. The molecule has 5 nitrogen and oxygen atoms in total. The lowest BCUT2D eigenvalue weighted by molar-refractivity contribution is -0.250. The largest absolute Gasteiger partial charge is 0.508 e. The molecule has 0 unspecified atom stereocenters. The standard InChI is InChI=1S/C39H54O5/c1-24(2)27-16-21-39(34(42)43)23-22-37(6)28(33(27)39)13-14-30-36(5)19-18-31(35(3,4)29(36)17-20-38(30,37)7)44-32(41)15-10-25-8-11-26(40)12-9-25/h8-12,15,27-31,33,40H,1,13-14,16-23H2,2-7H3,(H,42,43)/b15-10+/t27-,28+,29-,30+,31-,33+,36-,37+,38+,39-/m0/s1. The molecular weight excluding hydrogens is 548 g/mol. The highest BCUT2D eigenvalue weighted by Gasteiger charge is 2.72. The van der Waals surface area contributed by atoms with Gasteiger partial charge in [0.05, 0.1) is 5.41 Å². The Labute approximate surface area is 264 Å². The maximum absolute atomic E-state index is 13.0. The first-order valence-corrected chi connectivity index (χ1v) is 17.2. The Kier molecular flexibility index (Phi) is 7.49. The van der Waals surface area contributed by atoms with Crippen LogP contribution in [0.5, 0.6) is 5.75 Å². The highest BCUT2D eigenvalue weighted by atomic mass is 16.5. The van der Waals surface area contributed by atoms with E-state index in [-0.39, 0.29) is 45.4 Å². The number of fused-ring (bicyclic) bond motifs is 7. The summed E-state index contributed by atoms with van der Waals surface area (Å²) < 4.78 is 6.19. The van der Waals surface area contributed by atoms with Crippen molar-refractivity contribution in [2.24, 2.45) is 56.7 Å². The predicted molar refractivity (Wildman–Crippen MR) is 174 cm³/mol. The van der Waals surface area contributed by atoms with Gasteiger partial charge in [0.15, 0.2) is 0 Å². The number of allylic oxidation sites excluding steroid dienone is 1. The molecule has 0 bridgehead atoms. The van der Waals surface area contributed by atoms with Gasteiger partial charge in [-0.2, -0.15) is 0 Å². The summed E-state index contributed by atoms with van der Waals surface area (Å²) in [7, 11) is 0. The molecular formula is C39H54O5. The van der Waals surface area contributed by atoms with E-state index in [1.807, 2.05) is 0 Å². The number of ether oxygens (including phenoxy) is 1. The molecule has 0 saturated heterocycles. The zero-order chi connectivity index (χ0) is 31.9. The number of hydrogen-bond donors (Lipinski definition) is 2. The van der Waals surface area contributed by atoms with Crippen LogP contribution in [0.25, 0.3) is 6.08 Å². The van der Waals surface area contributed by atoms with E-state index in [0.717, 1.165) is 69.8 Å². The lowest BCUT2D eigenvalue weighted by atomic mass is 9.32. The van der Waals surface area contributed by atoms with Crippen LogP contribution in [0.3, 0.4) is 0 Å². The van der Waals surface area contributed by atoms with Gasteiger partial charge in [0.25, 0.3) is 0 Å². The summed E-state index contributed by atoms with van der Waals surface area (Å²) in [6.07, 6.45) is 13.2. The monoisotopic (exact) mass is 602 g/mol. The smallest absolute Gasteiger partial charge is 0.331 e. The number of carbonyl (C=O) groups is 2. The van der Waals surface area contributed by atoms with Crippen LogP contribution in [-0.2, 0) is 14.3 Å². The van der Waals surface area contributed by atoms with Gasteiger partial charge in [-0.25, -0.2) is 4.79 Å². The molecule has 1 aromatic rings. The topological polar surface area (TPSA) is 83.8 Å². The summed E-state index contributed by atoms with van der Waals surface area (Å²) in [6.45, 7) is 18.8. The molecule has 0 aromatic heterocycles. The fourth-order valence-corrected chi connectivity index (χ4v) is 12.6. The third-order valence-corrected chi connectivity index (χ3v) is 15.0. The van der Waals surface area contributed by atoms with E-state index < -0.39 is 11.4 Å². The number of phenols is 1. The Morgan fingerprint density at radius 3 is 2.23 bits per heavy atom. The number of carboxylic acid groups (broad SMARTS) is 1. The van der Waals surface area contributed by atoms with E-state index >= 15 is 0 Å². The molecule has 0 heterocycles. The van der Waals surface area contributed by atoms with Crippen molar-refractivity contribution >= 4 is 18.0 Å². The van der Waals surface area contributed by atoms with Crippen LogP contribution in [0.2, 0.25) is 0 Å². The maximum atomic E-state index is 13.0. The van der Waals surface area contributed by atoms with Gasteiger partial charge in [-0.3, -0.25) is 4.79 Å². The van der Waals surface area contributed by atoms with Crippen molar-refractivity contribution in [1.82, 2.24) is 0 Å². The van der Waals surface area contributed by atoms with Gasteiger partial charge >= 0.3 is 11.9 Å². The van der Waals surface area contributed by atoms with Crippen molar-refractivity contribution in [1.29, 1.82) is 0 Å². The first kappa shape index (κ1) is 31.4. The van der Waals surface area contributed by atoms with Gasteiger partial charge in [-0.1, -0.05) is 58.9 Å². The Balaban J connectivity index is 1.24. The normalized spacial score (nSPS) is 44.1. The molecule has 5 aliphatic rings. The van der Waals surface area contributed by atoms with E-state index in [1.165, 1.54) is 11.6 Å². The number of aliphatic carboxylic acids is 1. The molecule has 240 valence electrons. The van der Waals surface area contributed by atoms with Crippen molar-refractivity contribution in [2.45, 2.75) is 112 Å². The Hall–Kier alpha value is -2.56. The fourth-order valence-electron chi connectivity index (χ4n) is 12.6. The molecule has 1 aromatic carbocycles. The van der Waals surface area contributed by atoms with Crippen LogP contribution in [0, 0.1) is 56.7 Å². The highest BCUT2D eigenvalue weighted by molar-refractivity contribution is 5.87. The number of rotatable bonds is 5. The fraction of sp³-hybridized carbons (Fsp3) is 0.692. The lowest BCUT2D eigenvalue weighted by Gasteiger charge is -2.72. The zero-order valence-electron chi connectivity index (χ0n) is 27.8. The minimum Gasteiger partial charge on any atom is -0.508 e. The second-order valence-electron chi connectivity index (χ2n) is 16.9. The lowest BCUT2D eigenvalue weighted by Crippen LogP contribution is -2.67. The van der Waals surface area contributed by atoms with E-state index in [4.69, 9.17) is 4.74 Å². The summed E-state index contributed by atoms with van der Waals surface area (Å²) in [5.41, 5.74) is 1.71. The highest BCUT2D eigenvalue weighted by Crippen LogP contribution is 2.77. The number of aromatic hydroxyl groups is 1. The van der Waals surface area contributed by atoms with Crippen molar-refractivity contribution in [3.63, 3.8) is 0 Å². The Morgan fingerprint density at radius 1 is 0.864 bits per heavy atom. The summed E-state index contributed by atoms with van der Waals surface area (Å²) in [5, 5.41) is 20.2. The van der Waals surface area contributed by atoms with Gasteiger partial charge in [0, 0.05) is 11.5 Å². The minimum absolute atomic E-state index is 0.109. The Bertz CT molecular complexity index is 1360. The number of carbonyl (C=O) groups excluding carboxylic acids is 1. The average molecular weight is 603 g/mol. The number of carboxylic acids is 1. The average Bonchev–Trinajstić information content (AvgIpc) is 3.36. The summed E-state index contributed by atoms with van der Waals surface area (Å²) in [4.78, 5) is 25.9. The van der Waals surface area contributed by atoms with Gasteiger partial charge in [0.1, 0.15) is 11.9 Å². The van der Waals surface area contributed by atoms with Crippen LogP contribution in [0.15, 0.2) is 42.5 Å². The predicted octanol–water partition coefficient (Wildman–Crippen LogP) is 9.06. The van der Waals surface area contributed by atoms with E-state index in [9.17, 15) is 19.8 Å². The minimum atomic E-state index is -0.585. The van der Waals surface area contributed by atoms with Gasteiger partial charge in [0.2, 0.25) is 0 Å². The zero-order valence-corrected chi connectivity index (χ0v) is 27.8. The molecule has 0 amide bonds. The molecule has 5 heteroatoms. The molecule has 6 rings (SSSR count). The number of benzene rings is 1. The summed E-state index contributed by atoms with van der Waals surface area (Å²) >= 11 is 0. The van der Waals surface area contributed by atoms with Crippen molar-refractivity contribution < 1.29 is 24.5 Å². The molecule has 5 fully saturated rings. The second kappa shape index (κ2) is 10.5. The van der Waals surface area contributed by atoms with E-state index in [0.29, 0.717) is 23.7 Å². The molecule has 2 N–H and O–H groups in total. The molecule has 0 spiro atoms. The van der Waals surface area contributed by atoms with Crippen LogP contribution in [-0.4, -0.2) is 28.3 Å². The van der Waals surface area contributed by atoms with Crippen molar-refractivity contribution in [2.75, 3.05) is 0 Å². The first-order chi connectivity index (χ1) is 20.6. The summed E-state index contributed by atoms with van der Waals surface area (Å²) in [6, 6.07) is 6.79. The van der Waals surface area contributed by atoms with Crippen LogP contribution >= 0.6 is 0 Å². The van der Waals surface area contributed by atoms with Gasteiger partial charge < -0.3 is 14.9 Å². The number of esters is 1. The van der Waals surface area contributed by atoms with Crippen LogP contribution in [0.1, 0.15) is 111 Å². The number of phenolic OH excluding ortho intramolecular Hbond substituents is 1. The SMILES string of the molecule is C=C(C)[C@@H]1CC[C@]2(C(=O)O)CC[C@]3(C)[C@H](CC[C@@H]4[C@@]5(C)CC[C@H](OC(=O)/C=C/c6ccc(O)cc6)C(C)(C)[C@@H]5CC[C@]43C)[C@@H]12. The molecule has 5 saturated carbocycles.